The van der Waals surface area contributed by atoms with Crippen LogP contribution in [0.15, 0.2) is 36.5 Å². The fourth-order valence-corrected chi connectivity index (χ4v) is 3.46. The minimum absolute atomic E-state index is 0.449. The Morgan fingerprint density at radius 1 is 1.23 bits per heavy atom. The second-order valence-electron chi connectivity index (χ2n) is 6.51. The van der Waals surface area contributed by atoms with Gasteiger partial charge < -0.3 is 0 Å². The molecule has 2 nitrogen and oxygen atoms in total. The summed E-state index contributed by atoms with van der Waals surface area (Å²) in [4.78, 5) is 6.74. The van der Waals surface area contributed by atoms with Crippen molar-refractivity contribution in [3.63, 3.8) is 0 Å². The summed E-state index contributed by atoms with van der Waals surface area (Å²) in [6, 6.07) is 11.3. The Bertz CT molecular complexity index is 649. The third-order valence-corrected chi connectivity index (χ3v) is 4.88. The zero-order valence-electron chi connectivity index (χ0n) is 13.5. The van der Waals surface area contributed by atoms with Crippen LogP contribution < -0.4 is 0 Å². The number of benzene rings is 1. The first-order valence-corrected chi connectivity index (χ1v) is 8.40. The van der Waals surface area contributed by atoms with Crippen LogP contribution >= 0.6 is 11.6 Å². The Kier molecular flexibility index (Phi) is 4.51. The van der Waals surface area contributed by atoms with Crippen LogP contribution in [0.2, 0.25) is 5.15 Å². The van der Waals surface area contributed by atoms with Crippen LogP contribution in [0.1, 0.15) is 49.8 Å². The lowest BCUT2D eigenvalue weighted by Crippen LogP contribution is -2.18. The third kappa shape index (κ3) is 3.04. The standard InChI is InChI=1S/C19H23ClN2/c1-13(2)14-6-8-15(9-7-14)16-11-19(20)21-12-17(16)18-5-4-10-22(18)3/h6-9,11-13,18H,4-5,10H2,1-3H3/t18-/m0/s1. The number of rotatable bonds is 3. The van der Waals surface area contributed by atoms with Gasteiger partial charge in [-0.2, -0.15) is 0 Å². The number of hydrogen-bond acceptors (Lipinski definition) is 2. The molecule has 1 aromatic heterocycles. The first kappa shape index (κ1) is 15.5. The lowest BCUT2D eigenvalue weighted by atomic mass is 9.93. The van der Waals surface area contributed by atoms with E-state index in [2.05, 4.69) is 55.0 Å². The van der Waals surface area contributed by atoms with E-state index < -0.39 is 0 Å². The van der Waals surface area contributed by atoms with E-state index in [1.807, 2.05) is 12.3 Å². The summed E-state index contributed by atoms with van der Waals surface area (Å²) >= 11 is 6.17. The van der Waals surface area contributed by atoms with Crippen molar-refractivity contribution in [2.75, 3.05) is 13.6 Å². The normalized spacial score (nSPS) is 19.0. The van der Waals surface area contributed by atoms with Gasteiger partial charge in [-0.1, -0.05) is 49.7 Å². The van der Waals surface area contributed by atoms with Crippen molar-refractivity contribution in [1.82, 2.24) is 9.88 Å². The molecular formula is C19H23ClN2. The highest BCUT2D eigenvalue weighted by atomic mass is 35.5. The monoisotopic (exact) mass is 314 g/mol. The maximum atomic E-state index is 6.17. The van der Waals surface area contributed by atoms with E-state index in [1.165, 1.54) is 35.1 Å². The van der Waals surface area contributed by atoms with Gasteiger partial charge in [0.1, 0.15) is 5.15 Å². The summed E-state index contributed by atoms with van der Waals surface area (Å²) in [6.45, 7) is 5.59. The first-order chi connectivity index (χ1) is 10.6. The molecule has 0 N–H and O–H groups in total. The highest BCUT2D eigenvalue weighted by Gasteiger charge is 2.25. The maximum Gasteiger partial charge on any atom is 0.129 e. The molecule has 1 fully saturated rings. The quantitative estimate of drug-likeness (QED) is 0.715. The molecule has 22 heavy (non-hydrogen) atoms. The van der Waals surface area contributed by atoms with Crippen molar-refractivity contribution in [3.05, 3.63) is 52.8 Å². The van der Waals surface area contributed by atoms with Crippen LogP contribution in [0.5, 0.6) is 0 Å². The summed E-state index contributed by atoms with van der Waals surface area (Å²) in [5.41, 5.74) is 5.10. The van der Waals surface area contributed by atoms with Crippen LogP contribution in [0.25, 0.3) is 11.1 Å². The Morgan fingerprint density at radius 3 is 2.55 bits per heavy atom. The Labute approximate surface area is 138 Å². The summed E-state index contributed by atoms with van der Waals surface area (Å²) in [7, 11) is 2.19. The van der Waals surface area contributed by atoms with Crippen molar-refractivity contribution in [1.29, 1.82) is 0 Å². The molecule has 1 atom stereocenters. The number of hydrogen-bond donors (Lipinski definition) is 0. The van der Waals surface area contributed by atoms with Gasteiger partial charge in [-0.25, -0.2) is 4.98 Å². The van der Waals surface area contributed by atoms with E-state index in [4.69, 9.17) is 11.6 Å². The third-order valence-electron chi connectivity index (χ3n) is 4.67. The zero-order valence-corrected chi connectivity index (χ0v) is 14.3. The zero-order chi connectivity index (χ0) is 15.7. The molecule has 2 aromatic rings. The molecule has 1 aliphatic rings. The van der Waals surface area contributed by atoms with Crippen LogP contribution in [0.3, 0.4) is 0 Å². The van der Waals surface area contributed by atoms with E-state index in [1.54, 1.807) is 0 Å². The van der Waals surface area contributed by atoms with E-state index in [0.29, 0.717) is 17.1 Å². The SMILES string of the molecule is CC(C)c1ccc(-c2cc(Cl)ncc2[C@@H]2CCCN2C)cc1. The van der Waals surface area contributed by atoms with Crippen molar-refractivity contribution in [3.8, 4) is 11.1 Å². The number of halogens is 1. The van der Waals surface area contributed by atoms with Gasteiger partial charge in [0.05, 0.1) is 0 Å². The van der Waals surface area contributed by atoms with Crippen LogP contribution in [0, 0.1) is 0 Å². The second-order valence-corrected chi connectivity index (χ2v) is 6.90. The molecule has 0 aliphatic carbocycles. The lowest BCUT2D eigenvalue weighted by molar-refractivity contribution is 0.317. The predicted octanol–water partition coefficient (Wildman–Crippen LogP) is 5.29. The molecule has 0 bridgehead atoms. The molecule has 1 aromatic carbocycles. The molecule has 0 spiro atoms. The van der Waals surface area contributed by atoms with Crippen molar-refractivity contribution >= 4 is 11.6 Å². The average molecular weight is 315 g/mol. The number of pyridine rings is 1. The molecule has 3 heteroatoms. The van der Waals surface area contributed by atoms with Crippen LogP contribution in [-0.2, 0) is 0 Å². The van der Waals surface area contributed by atoms with Gasteiger partial charge in [0.25, 0.3) is 0 Å². The lowest BCUT2D eigenvalue weighted by Gasteiger charge is -2.22. The first-order valence-electron chi connectivity index (χ1n) is 8.02. The molecule has 1 saturated heterocycles. The molecular weight excluding hydrogens is 292 g/mol. The summed E-state index contributed by atoms with van der Waals surface area (Å²) < 4.78 is 0. The van der Waals surface area contributed by atoms with Gasteiger partial charge in [-0.3, -0.25) is 4.90 Å². The second kappa shape index (κ2) is 6.39. The fourth-order valence-electron chi connectivity index (χ4n) is 3.31. The highest BCUT2D eigenvalue weighted by Crippen LogP contribution is 2.37. The molecule has 0 amide bonds. The van der Waals surface area contributed by atoms with E-state index >= 15 is 0 Å². The van der Waals surface area contributed by atoms with Crippen molar-refractivity contribution < 1.29 is 0 Å². The maximum absolute atomic E-state index is 6.17. The highest BCUT2D eigenvalue weighted by molar-refractivity contribution is 6.29. The molecule has 116 valence electrons. The molecule has 0 unspecified atom stereocenters. The van der Waals surface area contributed by atoms with Crippen molar-refractivity contribution in [2.24, 2.45) is 0 Å². The van der Waals surface area contributed by atoms with E-state index in [0.717, 1.165) is 6.54 Å². The summed E-state index contributed by atoms with van der Waals surface area (Å²) in [5, 5.41) is 0.562. The number of likely N-dealkylation sites (tertiary alicyclic amines) is 1. The van der Waals surface area contributed by atoms with Gasteiger partial charge in [-0.05, 0) is 60.7 Å². The summed E-state index contributed by atoms with van der Waals surface area (Å²) in [6.07, 6.45) is 4.40. The Morgan fingerprint density at radius 2 is 1.95 bits per heavy atom. The van der Waals surface area contributed by atoms with E-state index in [9.17, 15) is 0 Å². The fraction of sp³-hybridized carbons (Fsp3) is 0.421. The molecule has 3 rings (SSSR count). The smallest absolute Gasteiger partial charge is 0.129 e. The minimum Gasteiger partial charge on any atom is -0.299 e. The largest absolute Gasteiger partial charge is 0.299 e. The van der Waals surface area contributed by atoms with Gasteiger partial charge in [-0.15, -0.1) is 0 Å². The molecule has 1 aliphatic heterocycles. The van der Waals surface area contributed by atoms with E-state index in [-0.39, 0.29) is 0 Å². The van der Waals surface area contributed by atoms with Gasteiger partial charge >= 0.3 is 0 Å². The molecule has 2 heterocycles. The average Bonchev–Trinajstić information content (AvgIpc) is 2.93. The minimum atomic E-state index is 0.449. The Hall–Kier alpha value is -1.38. The van der Waals surface area contributed by atoms with Gasteiger partial charge in [0, 0.05) is 12.2 Å². The number of nitrogens with zero attached hydrogens (tertiary/aromatic N) is 2. The molecule has 0 radical (unpaired) electrons. The Balaban J connectivity index is 2.03. The van der Waals surface area contributed by atoms with Crippen LogP contribution in [0.4, 0.5) is 0 Å². The topological polar surface area (TPSA) is 16.1 Å². The predicted molar refractivity (Wildman–Crippen MR) is 93.4 cm³/mol. The van der Waals surface area contributed by atoms with Crippen molar-refractivity contribution in [2.45, 2.75) is 38.6 Å². The summed E-state index contributed by atoms with van der Waals surface area (Å²) in [5.74, 6) is 0.551. The van der Waals surface area contributed by atoms with Gasteiger partial charge in [0.2, 0.25) is 0 Å². The number of aromatic nitrogens is 1. The van der Waals surface area contributed by atoms with Crippen LogP contribution in [-0.4, -0.2) is 23.5 Å². The molecule has 0 saturated carbocycles. The van der Waals surface area contributed by atoms with Gasteiger partial charge in [0.15, 0.2) is 0 Å².